The normalized spacial score (nSPS) is 34.5. The summed E-state index contributed by atoms with van der Waals surface area (Å²) in [7, 11) is 0. The molecule has 90 valence electrons. The number of hydrogen-bond donors (Lipinski definition) is 0. The second-order valence-corrected chi connectivity index (χ2v) is 5.21. The minimum Gasteiger partial charge on any atom is -0.540 e. The largest absolute Gasteiger partial charge is 1.00 e. The molecule has 3 aliphatic heterocycles. The Morgan fingerprint density at radius 3 is 2.17 bits per heavy atom. The first-order valence-corrected chi connectivity index (χ1v) is 6.00. The molecule has 3 saturated heterocycles. The van der Waals surface area contributed by atoms with E-state index in [1.165, 1.54) is 0 Å². The third-order valence-corrected chi connectivity index (χ3v) is 3.32. The molecule has 0 amide bonds. The minimum atomic E-state index is -1.66. The van der Waals surface area contributed by atoms with E-state index in [9.17, 15) is 0 Å². The summed E-state index contributed by atoms with van der Waals surface area (Å²) in [5, 5.41) is 0. The van der Waals surface area contributed by atoms with Crippen molar-refractivity contribution < 1.29 is 65.3 Å². The Labute approximate surface area is 150 Å². The fourth-order valence-corrected chi connectivity index (χ4v) is 2.18. The van der Waals surface area contributed by atoms with Crippen molar-refractivity contribution in [3.63, 3.8) is 0 Å². The first kappa shape index (κ1) is 14.9. The summed E-state index contributed by atoms with van der Waals surface area (Å²) in [6.45, 7) is 2.61. The third-order valence-electron chi connectivity index (χ3n) is 3.32. The zero-order valence-electron chi connectivity index (χ0n) is 11.0. The van der Waals surface area contributed by atoms with Crippen LogP contribution in [0.1, 0.15) is 12.5 Å². The van der Waals surface area contributed by atoms with Crippen LogP contribution in [0.5, 0.6) is 0 Å². The summed E-state index contributed by atoms with van der Waals surface area (Å²) >= 11 is 0. The van der Waals surface area contributed by atoms with Gasteiger partial charge in [0.25, 0.3) is 0 Å². The van der Waals surface area contributed by atoms with Gasteiger partial charge in [-0.1, -0.05) is 43.3 Å². The van der Waals surface area contributed by atoms with E-state index in [-0.39, 0.29) is 56.8 Å². The van der Waals surface area contributed by atoms with E-state index in [2.05, 4.69) is 6.92 Å². The van der Waals surface area contributed by atoms with E-state index < -0.39 is 6.75 Å². The first-order valence-electron chi connectivity index (χ1n) is 6.00. The van der Waals surface area contributed by atoms with E-state index in [1.807, 2.05) is 42.4 Å². The van der Waals surface area contributed by atoms with E-state index >= 15 is 0 Å². The zero-order chi connectivity index (χ0) is 11.8. The molecule has 0 aromatic heterocycles. The molecule has 0 N–H and O–H groups in total. The quantitative estimate of drug-likeness (QED) is 0.663. The van der Waals surface area contributed by atoms with Crippen LogP contribution >= 0.6 is 0 Å². The van der Waals surface area contributed by atoms with Crippen LogP contribution in [0.3, 0.4) is 0 Å². The Bertz CT molecular complexity index is 411. The monoisotopic (exact) mass is 270 g/mol. The Hall–Kier alpha value is 0.541. The Kier molecular flexibility index (Phi) is 4.89. The van der Waals surface area contributed by atoms with Crippen molar-refractivity contribution in [2.24, 2.45) is 5.41 Å². The number of benzene rings is 1. The van der Waals surface area contributed by atoms with Gasteiger partial charge in [-0.05, 0) is 5.56 Å². The summed E-state index contributed by atoms with van der Waals surface area (Å²) in [5.74, 6) is 1.91. The second-order valence-electron chi connectivity index (χ2n) is 5.21. The smallest absolute Gasteiger partial charge is 0.540 e. The average Bonchev–Trinajstić information content (AvgIpc) is 2.40. The number of fused-ring (bicyclic) bond motifs is 3. The molecule has 0 spiro atoms. The fraction of sp³-hybridized carbons (Fsp3) is 0.385. The predicted octanol–water partition coefficient (Wildman–Crippen LogP) is -0.735. The van der Waals surface area contributed by atoms with Crippen LogP contribution in [0.25, 0.3) is 6.08 Å². The van der Waals surface area contributed by atoms with Gasteiger partial charge in [0.1, 0.15) is 0 Å². The van der Waals surface area contributed by atoms with Gasteiger partial charge in [0, 0.05) is 25.2 Å². The molecule has 5 heteroatoms. The Morgan fingerprint density at radius 1 is 1.06 bits per heavy atom. The van der Waals surface area contributed by atoms with Gasteiger partial charge in [0.15, 0.2) is 0 Å². The fourth-order valence-electron chi connectivity index (χ4n) is 2.18. The van der Waals surface area contributed by atoms with Crippen LogP contribution in [0.2, 0.25) is 0 Å². The van der Waals surface area contributed by atoms with Crippen LogP contribution in [-0.2, 0) is 14.0 Å². The SMILES string of the molecule is CC12CO[B-](/C=C/c3ccccc3)(OC1)OC2.[K+]. The van der Waals surface area contributed by atoms with Gasteiger partial charge >= 0.3 is 58.1 Å². The third kappa shape index (κ3) is 3.16. The maximum absolute atomic E-state index is 5.72. The summed E-state index contributed by atoms with van der Waals surface area (Å²) in [6.07, 6.45) is 1.99. The van der Waals surface area contributed by atoms with Gasteiger partial charge in [-0.3, -0.25) is 0 Å². The molecule has 3 heterocycles. The molecule has 2 bridgehead atoms. The van der Waals surface area contributed by atoms with Crippen molar-refractivity contribution in [1.29, 1.82) is 0 Å². The maximum atomic E-state index is 5.72. The number of rotatable bonds is 2. The Morgan fingerprint density at radius 2 is 1.61 bits per heavy atom. The predicted molar refractivity (Wildman–Crippen MR) is 67.2 cm³/mol. The molecular formula is C13H16BKO3. The molecule has 3 aliphatic rings. The summed E-state index contributed by atoms with van der Waals surface area (Å²) in [4.78, 5) is 0. The van der Waals surface area contributed by atoms with E-state index in [1.54, 1.807) is 0 Å². The van der Waals surface area contributed by atoms with E-state index in [0.29, 0.717) is 19.8 Å². The molecule has 3 fully saturated rings. The summed E-state index contributed by atoms with van der Waals surface area (Å²) in [5.41, 5.74) is 1.16. The van der Waals surface area contributed by atoms with E-state index in [4.69, 9.17) is 14.0 Å². The Balaban J connectivity index is 0.00000120. The topological polar surface area (TPSA) is 27.7 Å². The molecule has 0 saturated carbocycles. The molecule has 0 unspecified atom stereocenters. The van der Waals surface area contributed by atoms with Gasteiger partial charge in [0.05, 0.1) is 0 Å². The molecule has 3 nitrogen and oxygen atoms in total. The minimum absolute atomic E-state index is 0. The molecule has 4 rings (SSSR count). The first-order chi connectivity index (χ1) is 8.20. The van der Waals surface area contributed by atoms with Gasteiger partial charge in [-0.15, -0.1) is 0 Å². The second kappa shape index (κ2) is 5.89. The maximum Gasteiger partial charge on any atom is 1.00 e. The van der Waals surface area contributed by atoms with Crippen molar-refractivity contribution in [1.82, 2.24) is 0 Å². The molecule has 0 atom stereocenters. The summed E-state index contributed by atoms with van der Waals surface area (Å²) in [6, 6.07) is 10.1. The average molecular weight is 270 g/mol. The van der Waals surface area contributed by atoms with Crippen LogP contribution in [0.15, 0.2) is 36.3 Å². The zero-order valence-corrected chi connectivity index (χ0v) is 14.1. The van der Waals surface area contributed by atoms with Gasteiger partial charge in [-0.25, -0.2) is 0 Å². The van der Waals surface area contributed by atoms with Crippen LogP contribution < -0.4 is 51.4 Å². The van der Waals surface area contributed by atoms with Crippen LogP contribution in [-0.4, -0.2) is 26.6 Å². The van der Waals surface area contributed by atoms with Gasteiger partial charge < -0.3 is 14.0 Å². The van der Waals surface area contributed by atoms with Crippen LogP contribution in [0, 0.1) is 5.41 Å². The van der Waals surface area contributed by atoms with Crippen molar-refractivity contribution in [3.05, 3.63) is 41.9 Å². The molecule has 0 radical (unpaired) electrons. The van der Waals surface area contributed by atoms with Crippen LogP contribution in [0.4, 0.5) is 0 Å². The van der Waals surface area contributed by atoms with E-state index in [0.717, 1.165) is 5.56 Å². The van der Waals surface area contributed by atoms with Crippen molar-refractivity contribution in [2.45, 2.75) is 6.92 Å². The van der Waals surface area contributed by atoms with Gasteiger partial charge in [-0.2, -0.15) is 5.98 Å². The van der Waals surface area contributed by atoms with Crippen molar-refractivity contribution in [3.8, 4) is 0 Å². The standard InChI is InChI=1S/C13H16BO3.K/c1-13-9-15-14(16-10-13,17-11-13)8-7-12-5-3-2-4-6-12;/h2-8H,9-11H2,1H3;/q-1;+1/b8-7+;. The van der Waals surface area contributed by atoms with Crippen molar-refractivity contribution >= 4 is 12.8 Å². The molecule has 0 aliphatic carbocycles. The molecule has 1 aromatic rings. The van der Waals surface area contributed by atoms with Gasteiger partial charge in [0.2, 0.25) is 0 Å². The molecular weight excluding hydrogens is 254 g/mol. The van der Waals surface area contributed by atoms with Crippen molar-refractivity contribution in [2.75, 3.05) is 19.8 Å². The molecule has 18 heavy (non-hydrogen) atoms. The molecule has 1 aromatic carbocycles. The number of hydrogen-bond acceptors (Lipinski definition) is 3. The summed E-state index contributed by atoms with van der Waals surface area (Å²) < 4.78 is 17.2.